The van der Waals surface area contributed by atoms with E-state index in [0.29, 0.717) is 13.1 Å². The van der Waals surface area contributed by atoms with E-state index >= 15 is 0 Å². The first-order valence-electron chi connectivity index (χ1n) is 12.7. The molecule has 2 fully saturated rings. The minimum Gasteiger partial charge on any atom is -0.396 e. The largest absolute Gasteiger partial charge is 0.396 e. The molecule has 10 heteroatoms. The van der Waals surface area contributed by atoms with Crippen LogP contribution in [0.25, 0.3) is 0 Å². The molecule has 0 amide bonds. The van der Waals surface area contributed by atoms with Crippen LogP contribution in [-0.4, -0.2) is 105 Å². The van der Waals surface area contributed by atoms with Crippen molar-refractivity contribution in [2.45, 2.75) is 88.5 Å². The van der Waals surface area contributed by atoms with Crippen molar-refractivity contribution in [1.29, 1.82) is 0 Å². The maximum Gasteiger partial charge on any atom is 0.0991 e. The second kappa shape index (κ2) is 12.1. The molecule has 206 valence electrons. The van der Waals surface area contributed by atoms with Gasteiger partial charge in [0.05, 0.1) is 74.1 Å². The maximum atomic E-state index is 10.8. The molecule has 0 aromatic heterocycles. The van der Waals surface area contributed by atoms with Gasteiger partial charge in [-0.25, -0.2) is 0 Å². The summed E-state index contributed by atoms with van der Waals surface area (Å²) in [5, 5.41) is 67.3. The fraction of sp³-hybridized carbons (Fsp3) is 0.769. The molecule has 8 atom stereocenters. The summed E-state index contributed by atoms with van der Waals surface area (Å²) in [7, 11) is 0. The first-order valence-corrected chi connectivity index (χ1v) is 12.7. The fourth-order valence-electron chi connectivity index (χ4n) is 5.57. The van der Waals surface area contributed by atoms with Gasteiger partial charge in [-0.3, -0.25) is 0 Å². The Balaban J connectivity index is 1.59. The monoisotopic (exact) mass is 512 g/mol. The zero-order valence-corrected chi connectivity index (χ0v) is 21.7. The molecule has 2 aliphatic rings. The van der Waals surface area contributed by atoms with Crippen molar-refractivity contribution in [3.63, 3.8) is 0 Å². The Morgan fingerprint density at radius 1 is 0.639 bits per heavy atom. The quantitative estimate of drug-likeness (QED) is 0.193. The highest BCUT2D eigenvalue weighted by Crippen LogP contribution is 2.35. The number of aliphatic hydroxyl groups is 6. The van der Waals surface area contributed by atoms with E-state index in [4.69, 9.17) is 9.47 Å². The lowest BCUT2D eigenvalue weighted by atomic mass is 9.78. The second-order valence-electron chi connectivity index (χ2n) is 11.1. The predicted octanol–water partition coefficient (Wildman–Crippen LogP) is -1.12. The molecule has 0 aliphatic carbocycles. The molecular weight excluding hydrogens is 468 g/mol. The standard InChI is InChI=1S/C26H44N2O8/c1-25(2)17(11-29)23(33)21(19(13-31)35-25)27-9-15-5-7-16(8-6-15)10-28-22-20(14-32)36-26(3,4)18(12-30)24(22)34/h5-8,17-24,27-34H,9-14H2,1-4H3/t17-,18-,19+,20+,21-,22-,23-,24-/m0/s1. The van der Waals surface area contributed by atoms with Crippen LogP contribution in [0.2, 0.25) is 0 Å². The average Bonchev–Trinajstić information content (AvgIpc) is 2.82. The Morgan fingerprint density at radius 2 is 0.972 bits per heavy atom. The van der Waals surface area contributed by atoms with Gasteiger partial charge in [0.15, 0.2) is 0 Å². The van der Waals surface area contributed by atoms with Crippen molar-refractivity contribution in [2.24, 2.45) is 11.8 Å². The number of nitrogens with one attached hydrogen (secondary N) is 2. The van der Waals surface area contributed by atoms with Gasteiger partial charge >= 0.3 is 0 Å². The summed E-state index contributed by atoms with van der Waals surface area (Å²) < 4.78 is 11.9. The molecule has 2 heterocycles. The zero-order chi connectivity index (χ0) is 26.7. The van der Waals surface area contributed by atoms with Gasteiger partial charge in [-0.15, -0.1) is 0 Å². The summed E-state index contributed by atoms with van der Waals surface area (Å²) in [4.78, 5) is 0. The molecule has 1 aromatic carbocycles. The van der Waals surface area contributed by atoms with E-state index in [9.17, 15) is 30.6 Å². The third-order valence-electron chi connectivity index (χ3n) is 7.92. The van der Waals surface area contributed by atoms with Crippen LogP contribution in [0, 0.1) is 11.8 Å². The van der Waals surface area contributed by atoms with Crippen LogP contribution in [-0.2, 0) is 22.6 Å². The van der Waals surface area contributed by atoms with E-state index in [2.05, 4.69) is 10.6 Å². The molecule has 36 heavy (non-hydrogen) atoms. The predicted molar refractivity (Wildman–Crippen MR) is 133 cm³/mol. The van der Waals surface area contributed by atoms with Crippen molar-refractivity contribution in [1.82, 2.24) is 10.6 Å². The zero-order valence-electron chi connectivity index (χ0n) is 21.7. The van der Waals surface area contributed by atoms with E-state index in [1.807, 2.05) is 24.3 Å². The molecule has 3 rings (SSSR count). The lowest BCUT2D eigenvalue weighted by molar-refractivity contribution is -0.216. The van der Waals surface area contributed by atoms with E-state index in [1.54, 1.807) is 27.7 Å². The summed E-state index contributed by atoms with van der Waals surface area (Å²) in [6, 6.07) is 6.70. The van der Waals surface area contributed by atoms with Gasteiger partial charge in [-0.1, -0.05) is 24.3 Å². The van der Waals surface area contributed by atoms with Gasteiger partial charge in [0.2, 0.25) is 0 Å². The maximum absolute atomic E-state index is 10.8. The van der Waals surface area contributed by atoms with Gasteiger partial charge in [-0.2, -0.15) is 0 Å². The van der Waals surface area contributed by atoms with E-state index in [1.165, 1.54) is 0 Å². The normalized spacial score (nSPS) is 36.1. The average molecular weight is 513 g/mol. The van der Waals surface area contributed by atoms with Crippen molar-refractivity contribution < 1.29 is 40.1 Å². The van der Waals surface area contributed by atoms with E-state index < -0.39 is 59.5 Å². The summed E-state index contributed by atoms with van der Waals surface area (Å²) in [5.41, 5.74) is 0.412. The fourth-order valence-corrected chi connectivity index (χ4v) is 5.57. The molecule has 8 N–H and O–H groups in total. The SMILES string of the molecule is CC1(C)O[C@H](CO)[C@H](NCc2ccc(CN[C@@H]3[C@@H](O)[C@H](CO)C(C)(C)O[C@@H]3CO)cc2)[C@@H](O)[C@@H]1CO. The summed E-state index contributed by atoms with van der Waals surface area (Å²) >= 11 is 0. The van der Waals surface area contributed by atoms with Gasteiger partial charge in [-0.05, 0) is 38.8 Å². The third kappa shape index (κ3) is 6.27. The van der Waals surface area contributed by atoms with Gasteiger partial charge in [0.1, 0.15) is 0 Å². The van der Waals surface area contributed by atoms with Crippen molar-refractivity contribution >= 4 is 0 Å². The van der Waals surface area contributed by atoms with Crippen LogP contribution in [0.15, 0.2) is 24.3 Å². The second-order valence-corrected chi connectivity index (χ2v) is 11.1. The number of aliphatic hydroxyl groups excluding tert-OH is 6. The molecule has 2 aliphatic heterocycles. The molecule has 0 unspecified atom stereocenters. The molecule has 1 aromatic rings. The first-order chi connectivity index (χ1) is 17.0. The minimum atomic E-state index is -0.879. The topological polar surface area (TPSA) is 164 Å². The number of rotatable bonds is 10. The van der Waals surface area contributed by atoms with Crippen molar-refractivity contribution in [2.75, 3.05) is 26.4 Å². The van der Waals surface area contributed by atoms with Crippen LogP contribution in [0.4, 0.5) is 0 Å². The molecule has 0 bridgehead atoms. The van der Waals surface area contributed by atoms with E-state index in [0.717, 1.165) is 11.1 Å². The minimum absolute atomic E-state index is 0.222. The van der Waals surface area contributed by atoms with Crippen LogP contribution in [0.5, 0.6) is 0 Å². The lowest BCUT2D eigenvalue weighted by Crippen LogP contribution is -2.64. The highest BCUT2D eigenvalue weighted by molar-refractivity contribution is 5.23. The van der Waals surface area contributed by atoms with Crippen molar-refractivity contribution in [3.8, 4) is 0 Å². The third-order valence-corrected chi connectivity index (χ3v) is 7.92. The Kier molecular flexibility index (Phi) is 9.89. The molecule has 10 nitrogen and oxygen atoms in total. The van der Waals surface area contributed by atoms with Gasteiger partial charge in [0.25, 0.3) is 0 Å². The smallest absolute Gasteiger partial charge is 0.0991 e. The molecule has 0 spiro atoms. The number of hydrogen-bond acceptors (Lipinski definition) is 10. The summed E-state index contributed by atoms with van der Waals surface area (Å²) in [6.45, 7) is 7.13. The van der Waals surface area contributed by atoms with Crippen LogP contribution < -0.4 is 10.6 Å². The Hall–Kier alpha value is -1.18. The summed E-state index contributed by atoms with van der Waals surface area (Å²) in [5.74, 6) is -0.965. The van der Waals surface area contributed by atoms with Gasteiger partial charge in [0, 0.05) is 24.9 Å². The molecule has 0 saturated carbocycles. The summed E-state index contributed by atoms with van der Waals surface area (Å²) in [6.07, 6.45) is -2.96. The molecular formula is C26H44N2O8. The number of ether oxygens (including phenoxy) is 2. The molecule has 0 radical (unpaired) electrons. The van der Waals surface area contributed by atoms with E-state index in [-0.39, 0.29) is 26.4 Å². The molecule has 2 saturated heterocycles. The Bertz CT molecular complexity index is 754. The highest BCUT2D eigenvalue weighted by Gasteiger charge is 2.49. The van der Waals surface area contributed by atoms with Crippen LogP contribution >= 0.6 is 0 Å². The first kappa shape index (κ1) is 29.4. The number of benzene rings is 1. The van der Waals surface area contributed by atoms with Crippen LogP contribution in [0.1, 0.15) is 38.8 Å². The van der Waals surface area contributed by atoms with Gasteiger partial charge < -0.3 is 50.7 Å². The Labute approximate surface area is 213 Å². The lowest BCUT2D eigenvalue weighted by Gasteiger charge is -2.49. The number of hydrogen-bond donors (Lipinski definition) is 8. The van der Waals surface area contributed by atoms with Crippen molar-refractivity contribution in [3.05, 3.63) is 35.4 Å². The van der Waals surface area contributed by atoms with Crippen LogP contribution in [0.3, 0.4) is 0 Å². The Morgan fingerprint density at radius 3 is 1.25 bits per heavy atom. The highest BCUT2D eigenvalue weighted by atomic mass is 16.5.